The summed E-state index contributed by atoms with van der Waals surface area (Å²) in [5.74, 6) is -2.76. The van der Waals surface area contributed by atoms with Crippen LogP contribution in [0.4, 0.5) is 22.0 Å². The zero-order chi connectivity index (χ0) is 14.8. The molecule has 1 aromatic rings. The predicted molar refractivity (Wildman–Crippen MR) is 52.3 cm³/mol. The van der Waals surface area contributed by atoms with Crippen LogP contribution >= 0.6 is 0 Å². The molecular formula is C9H8F5N3O2. The minimum absolute atomic E-state index is 0.365. The van der Waals surface area contributed by atoms with Gasteiger partial charge < -0.3 is 16.2 Å². The Hall–Kier alpha value is -1.97. The second kappa shape index (κ2) is 5.34. The van der Waals surface area contributed by atoms with Crippen molar-refractivity contribution in [2.45, 2.75) is 19.3 Å². The van der Waals surface area contributed by atoms with Crippen molar-refractivity contribution in [2.75, 3.05) is 0 Å². The smallest absolute Gasteiger partial charge is 0.404 e. The molecule has 10 heteroatoms. The van der Waals surface area contributed by atoms with Crippen LogP contribution in [0.5, 0.6) is 5.75 Å². The molecule has 1 amide bonds. The lowest BCUT2D eigenvalue weighted by atomic mass is 10.1. The molecule has 106 valence electrons. The second-order valence-corrected chi connectivity index (χ2v) is 3.28. The SMILES string of the molecule is NCc1ncc(C(F)F)c(OC(F)(F)F)c1C(N)=O. The molecule has 0 unspecified atom stereocenters. The van der Waals surface area contributed by atoms with Gasteiger partial charge in [0.2, 0.25) is 0 Å². The highest BCUT2D eigenvalue weighted by Crippen LogP contribution is 2.36. The summed E-state index contributed by atoms with van der Waals surface area (Å²) in [6.45, 7) is -0.462. The third-order valence-corrected chi connectivity index (χ3v) is 2.03. The quantitative estimate of drug-likeness (QED) is 0.819. The Bertz CT molecular complexity index is 489. The average molecular weight is 285 g/mol. The number of nitrogens with two attached hydrogens (primary N) is 2. The van der Waals surface area contributed by atoms with E-state index in [0.717, 1.165) is 0 Å². The molecule has 1 rings (SSSR count). The normalized spacial score (nSPS) is 11.7. The molecule has 5 nitrogen and oxygen atoms in total. The molecule has 0 bridgehead atoms. The standard InChI is InChI=1S/C9H8F5N3O2/c10-7(11)3-2-17-4(1-15)5(8(16)18)6(3)19-9(12,13)14/h2,7H,1,15H2,(H2,16,18). The van der Waals surface area contributed by atoms with Crippen LogP contribution in [0.25, 0.3) is 0 Å². The van der Waals surface area contributed by atoms with Gasteiger partial charge in [-0.25, -0.2) is 8.78 Å². The summed E-state index contributed by atoms with van der Waals surface area (Å²) in [5, 5.41) is 0. The molecule has 4 N–H and O–H groups in total. The number of carbonyl (C=O) groups excluding carboxylic acids is 1. The fraction of sp³-hybridized carbons (Fsp3) is 0.333. The summed E-state index contributed by atoms with van der Waals surface area (Å²) in [7, 11) is 0. The van der Waals surface area contributed by atoms with Crippen molar-refractivity contribution < 1.29 is 31.5 Å². The fourth-order valence-corrected chi connectivity index (χ4v) is 1.34. The Labute approximate surface area is 103 Å². The number of alkyl halides is 5. The van der Waals surface area contributed by atoms with Gasteiger partial charge >= 0.3 is 6.36 Å². The lowest BCUT2D eigenvalue weighted by molar-refractivity contribution is -0.275. The average Bonchev–Trinajstić information content (AvgIpc) is 2.25. The van der Waals surface area contributed by atoms with Gasteiger partial charge in [-0.3, -0.25) is 9.78 Å². The Morgan fingerprint density at radius 3 is 2.37 bits per heavy atom. The first-order valence-corrected chi connectivity index (χ1v) is 4.73. The maximum atomic E-state index is 12.6. The lowest BCUT2D eigenvalue weighted by Crippen LogP contribution is -2.24. The van der Waals surface area contributed by atoms with Crippen molar-refractivity contribution in [3.05, 3.63) is 23.0 Å². The van der Waals surface area contributed by atoms with Crippen molar-refractivity contribution in [1.82, 2.24) is 4.98 Å². The number of ether oxygens (including phenoxy) is 1. The van der Waals surface area contributed by atoms with Crippen molar-refractivity contribution >= 4 is 5.91 Å². The van der Waals surface area contributed by atoms with Gasteiger partial charge in [0, 0.05) is 12.7 Å². The molecule has 0 spiro atoms. The molecule has 0 aromatic carbocycles. The zero-order valence-corrected chi connectivity index (χ0v) is 9.17. The molecule has 0 aliphatic rings. The largest absolute Gasteiger partial charge is 0.573 e. The predicted octanol–water partition coefficient (Wildman–Crippen LogP) is 1.48. The molecule has 19 heavy (non-hydrogen) atoms. The first-order valence-electron chi connectivity index (χ1n) is 4.73. The molecule has 0 radical (unpaired) electrons. The number of nitrogens with zero attached hydrogens (tertiary/aromatic N) is 1. The van der Waals surface area contributed by atoms with Gasteiger partial charge in [-0.15, -0.1) is 13.2 Å². The van der Waals surface area contributed by atoms with E-state index in [-0.39, 0.29) is 5.69 Å². The number of aromatic nitrogens is 1. The van der Waals surface area contributed by atoms with Crippen LogP contribution in [-0.4, -0.2) is 17.3 Å². The van der Waals surface area contributed by atoms with Crippen molar-refractivity contribution in [3.63, 3.8) is 0 Å². The number of hydrogen-bond acceptors (Lipinski definition) is 4. The van der Waals surface area contributed by atoms with E-state index < -0.39 is 42.1 Å². The number of halogens is 5. The molecular weight excluding hydrogens is 277 g/mol. The summed E-state index contributed by atoms with van der Waals surface area (Å²) < 4.78 is 65.3. The van der Waals surface area contributed by atoms with Crippen molar-refractivity contribution in [2.24, 2.45) is 11.5 Å². The minimum atomic E-state index is -5.26. The molecule has 0 atom stereocenters. The van der Waals surface area contributed by atoms with E-state index >= 15 is 0 Å². The van der Waals surface area contributed by atoms with E-state index in [1.807, 2.05) is 0 Å². The van der Waals surface area contributed by atoms with Crippen LogP contribution in [0.15, 0.2) is 6.20 Å². The number of rotatable bonds is 4. The summed E-state index contributed by atoms with van der Waals surface area (Å²) in [4.78, 5) is 14.5. The number of pyridine rings is 1. The topological polar surface area (TPSA) is 91.2 Å². The summed E-state index contributed by atoms with van der Waals surface area (Å²) >= 11 is 0. The van der Waals surface area contributed by atoms with Gasteiger partial charge in [0.15, 0.2) is 5.75 Å². The lowest BCUT2D eigenvalue weighted by Gasteiger charge is -2.17. The Morgan fingerprint density at radius 1 is 1.42 bits per heavy atom. The first kappa shape index (κ1) is 15.1. The number of carbonyl (C=O) groups is 1. The maximum Gasteiger partial charge on any atom is 0.573 e. The second-order valence-electron chi connectivity index (χ2n) is 3.28. The third kappa shape index (κ3) is 3.50. The van der Waals surface area contributed by atoms with Crippen LogP contribution in [0.2, 0.25) is 0 Å². The van der Waals surface area contributed by atoms with Crippen LogP contribution in [-0.2, 0) is 6.54 Å². The third-order valence-electron chi connectivity index (χ3n) is 2.03. The highest BCUT2D eigenvalue weighted by Gasteiger charge is 2.36. The van der Waals surface area contributed by atoms with E-state index in [4.69, 9.17) is 11.5 Å². The van der Waals surface area contributed by atoms with Gasteiger partial charge in [-0.1, -0.05) is 0 Å². The molecule has 0 saturated heterocycles. The molecule has 0 aliphatic carbocycles. The van der Waals surface area contributed by atoms with Gasteiger partial charge in [0.05, 0.1) is 11.3 Å². The highest BCUT2D eigenvalue weighted by atomic mass is 19.4. The van der Waals surface area contributed by atoms with Gasteiger partial charge in [-0.05, 0) is 0 Å². The molecule has 0 aliphatic heterocycles. The van der Waals surface area contributed by atoms with E-state index in [1.165, 1.54) is 0 Å². The van der Waals surface area contributed by atoms with Crippen LogP contribution in [0.1, 0.15) is 28.0 Å². The van der Waals surface area contributed by atoms with Crippen LogP contribution in [0.3, 0.4) is 0 Å². The summed E-state index contributed by atoms with van der Waals surface area (Å²) in [6.07, 6.45) is -8.13. The highest BCUT2D eigenvalue weighted by molar-refractivity contribution is 5.97. The number of primary amides is 1. The molecule has 0 saturated carbocycles. The first-order chi connectivity index (χ1) is 8.67. The van der Waals surface area contributed by atoms with Crippen molar-refractivity contribution in [3.8, 4) is 5.75 Å². The van der Waals surface area contributed by atoms with E-state index in [9.17, 15) is 26.7 Å². The van der Waals surface area contributed by atoms with E-state index in [0.29, 0.717) is 6.20 Å². The summed E-state index contributed by atoms with van der Waals surface area (Å²) in [6, 6.07) is 0. The Balaban J connectivity index is 3.53. The zero-order valence-electron chi connectivity index (χ0n) is 9.17. The Morgan fingerprint density at radius 2 is 2.00 bits per heavy atom. The van der Waals surface area contributed by atoms with Crippen molar-refractivity contribution in [1.29, 1.82) is 0 Å². The van der Waals surface area contributed by atoms with E-state index in [1.54, 1.807) is 0 Å². The summed E-state index contributed by atoms with van der Waals surface area (Å²) in [5.41, 5.74) is 7.54. The monoisotopic (exact) mass is 285 g/mol. The Kier molecular flexibility index (Phi) is 4.24. The van der Waals surface area contributed by atoms with E-state index in [2.05, 4.69) is 9.72 Å². The number of hydrogen-bond donors (Lipinski definition) is 2. The maximum absolute atomic E-state index is 12.6. The van der Waals surface area contributed by atoms with Gasteiger partial charge in [0.1, 0.15) is 5.56 Å². The van der Waals surface area contributed by atoms with Crippen LogP contribution < -0.4 is 16.2 Å². The van der Waals surface area contributed by atoms with Gasteiger partial charge in [0.25, 0.3) is 12.3 Å². The fourth-order valence-electron chi connectivity index (χ4n) is 1.34. The number of amides is 1. The molecule has 0 fully saturated rings. The molecule has 1 aromatic heterocycles. The van der Waals surface area contributed by atoms with Gasteiger partial charge in [-0.2, -0.15) is 0 Å². The molecule has 1 heterocycles. The minimum Gasteiger partial charge on any atom is -0.404 e. The van der Waals surface area contributed by atoms with Crippen LogP contribution in [0, 0.1) is 0 Å².